The van der Waals surface area contributed by atoms with Gasteiger partial charge in [-0.25, -0.2) is 4.68 Å². The number of fused-ring (bicyclic) bond motifs is 1. The number of hydrogen-bond acceptors (Lipinski definition) is 5. The molecular formula is C30H38N6O. The number of nitrogens with zero attached hydrogens (tertiary/aromatic N) is 5. The fraction of sp³-hybridized carbons (Fsp3) is 0.467. The van der Waals surface area contributed by atoms with Crippen LogP contribution in [0.4, 0.5) is 0 Å². The maximum atomic E-state index is 13.3. The fourth-order valence-electron chi connectivity index (χ4n) is 5.78. The maximum absolute atomic E-state index is 13.3. The number of H-pyrrole nitrogens is 1. The van der Waals surface area contributed by atoms with Crippen LogP contribution in [0, 0.1) is 13.8 Å². The van der Waals surface area contributed by atoms with Crippen molar-refractivity contribution in [2.75, 3.05) is 0 Å². The van der Waals surface area contributed by atoms with Crippen molar-refractivity contribution >= 4 is 10.9 Å². The standard InChI is InChI=1S/C30H38N6O/c1-4-11-28(29-32-33-34-36(29)19-23-12-7-5-8-13-23)35(26-14-9-6-10-15-26)20-25-18-24-16-21(2)22(3)17-27(24)31-30(25)37/h5,7-8,12-13,16-18,26,28H,4,6,9-11,14-15,19-20H2,1-3H3,(H,31,37)/t28-/m0/s1. The summed E-state index contributed by atoms with van der Waals surface area (Å²) in [5.74, 6) is 0.889. The molecule has 1 N–H and O–H groups in total. The average molecular weight is 499 g/mol. The minimum Gasteiger partial charge on any atom is -0.322 e. The third-order valence-electron chi connectivity index (χ3n) is 7.93. The lowest BCUT2D eigenvalue weighted by atomic mass is 9.91. The number of aromatic nitrogens is 5. The zero-order valence-corrected chi connectivity index (χ0v) is 22.3. The van der Waals surface area contributed by atoms with Gasteiger partial charge in [0.25, 0.3) is 5.56 Å². The van der Waals surface area contributed by atoms with Crippen molar-refractivity contribution in [3.05, 3.63) is 87.0 Å². The van der Waals surface area contributed by atoms with E-state index < -0.39 is 0 Å². The Kier molecular flexibility index (Phi) is 7.79. The minimum atomic E-state index is -0.00399. The molecule has 1 aliphatic carbocycles. The van der Waals surface area contributed by atoms with Gasteiger partial charge in [-0.2, -0.15) is 0 Å². The van der Waals surface area contributed by atoms with Gasteiger partial charge >= 0.3 is 0 Å². The highest BCUT2D eigenvalue weighted by Gasteiger charge is 2.32. The quantitative estimate of drug-likeness (QED) is 0.313. The Morgan fingerprint density at radius 2 is 1.81 bits per heavy atom. The molecule has 0 amide bonds. The first-order valence-electron chi connectivity index (χ1n) is 13.7. The van der Waals surface area contributed by atoms with Crippen LogP contribution in [0.1, 0.15) is 86.0 Å². The first-order chi connectivity index (χ1) is 18.0. The Hall–Kier alpha value is -3.32. The van der Waals surface area contributed by atoms with Crippen molar-refractivity contribution < 1.29 is 0 Å². The van der Waals surface area contributed by atoms with Crippen LogP contribution in [0.25, 0.3) is 10.9 Å². The Morgan fingerprint density at radius 3 is 2.57 bits per heavy atom. The van der Waals surface area contributed by atoms with Crippen LogP contribution in [0.3, 0.4) is 0 Å². The summed E-state index contributed by atoms with van der Waals surface area (Å²) in [6.45, 7) is 7.65. The summed E-state index contributed by atoms with van der Waals surface area (Å²) in [6, 6.07) is 17.1. The molecule has 0 bridgehead atoms. The summed E-state index contributed by atoms with van der Waals surface area (Å²) in [5, 5.41) is 14.1. The normalized spacial score (nSPS) is 15.5. The monoisotopic (exact) mass is 498 g/mol. The van der Waals surface area contributed by atoms with Gasteiger partial charge in [-0.3, -0.25) is 9.69 Å². The lowest BCUT2D eigenvalue weighted by molar-refractivity contribution is 0.0812. The molecule has 0 aliphatic heterocycles. The number of rotatable bonds is 9. The molecule has 1 atom stereocenters. The van der Waals surface area contributed by atoms with E-state index in [2.05, 4.69) is 76.5 Å². The molecule has 1 fully saturated rings. The molecule has 0 spiro atoms. The topological polar surface area (TPSA) is 79.7 Å². The molecule has 1 aliphatic rings. The predicted octanol–water partition coefficient (Wildman–Crippen LogP) is 5.86. The summed E-state index contributed by atoms with van der Waals surface area (Å²) in [7, 11) is 0. The molecule has 5 rings (SSSR count). The van der Waals surface area contributed by atoms with E-state index in [1.165, 1.54) is 36.0 Å². The van der Waals surface area contributed by atoms with Crippen LogP contribution in [0.5, 0.6) is 0 Å². The van der Waals surface area contributed by atoms with Gasteiger partial charge in [-0.1, -0.05) is 62.9 Å². The molecule has 2 aromatic heterocycles. The van der Waals surface area contributed by atoms with Crippen molar-refractivity contribution in [2.24, 2.45) is 0 Å². The Balaban J connectivity index is 1.53. The summed E-state index contributed by atoms with van der Waals surface area (Å²) >= 11 is 0. The molecular weight excluding hydrogens is 460 g/mol. The third-order valence-corrected chi connectivity index (χ3v) is 7.93. The number of nitrogens with one attached hydrogen (secondary N) is 1. The van der Waals surface area contributed by atoms with Crippen LogP contribution in [-0.4, -0.2) is 36.1 Å². The summed E-state index contributed by atoms with van der Waals surface area (Å²) in [5.41, 5.74) is 5.30. The molecule has 2 aromatic carbocycles. The van der Waals surface area contributed by atoms with Crippen LogP contribution in [0.15, 0.2) is 53.3 Å². The second-order valence-corrected chi connectivity index (χ2v) is 10.6. The molecule has 7 nitrogen and oxygen atoms in total. The van der Waals surface area contributed by atoms with Crippen molar-refractivity contribution in [3.8, 4) is 0 Å². The molecule has 0 radical (unpaired) electrons. The SMILES string of the molecule is CCC[C@@H](c1nnnn1Cc1ccccc1)N(Cc1cc2cc(C)c(C)cc2[nH]c1=O)C1CCCCC1. The first kappa shape index (κ1) is 25.3. The molecule has 7 heteroatoms. The van der Waals surface area contributed by atoms with E-state index in [1.54, 1.807) is 0 Å². The van der Waals surface area contributed by atoms with Crippen LogP contribution in [0.2, 0.25) is 0 Å². The average Bonchev–Trinajstić information content (AvgIpc) is 3.36. The summed E-state index contributed by atoms with van der Waals surface area (Å²) in [4.78, 5) is 19.0. The largest absolute Gasteiger partial charge is 0.322 e. The van der Waals surface area contributed by atoms with Gasteiger partial charge in [0.05, 0.1) is 12.6 Å². The van der Waals surface area contributed by atoms with E-state index in [0.29, 0.717) is 19.1 Å². The number of pyridine rings is 1. The highest BCUT2D eigenvalue weighted by Crippen LogP contribution is 2.34. The third kappa shape index (κ3) is 5.67. The molecule has 0 unspecified atom stereocenters. The lowest BCUT2D eigenvalue weighted by Gasteiger charge is -2.39. The molecule has 1 saturated carbocycles. The van der Waals surface area contributed by atoms with Gasteiger partial charge in [0.15, 0.2) is 5.82 Å². The highest BCUT2D eigenvalue weighted by atomic mass is 16.1. The van der Waals surface area contributed by atoms with Crippen LogP contribution >= 0.6 is 0 Å². The van der Waals surface area contributed by atoms with E-state index in [9.17, 15) is 4.79 Å². The van der Waals surface area contributed by atoms with Gasteiger partial charge in [0.1, 0.15) is 0 Å². The number of hydrogen-bond donors (Lipinski definition) is 1. The highest BCUT2D eigenvalue weighted by molar-refractivity contribution is 5.80. The van der Waals surface area contributed by atoms with E-state index in [0.717, 1.165) is 48.0 Å². The zero-order chi connectivity index (χ0) is 25.8. The minimum absolute atomic E-state index is 0.00399. The number of tetrazole rings is 1. The zero-order valence-electron chi connectivity index (χ0n) is 22.3. The van der Waals surface area contributed by atoms with Crippen LogP contribution < -0.4 is 5.56 Å². The molecule has 0 saturated heterocycles. The van der Waals surface area contributed by atoms with Gasteiger partial charge in [-0.05, 0) is 83.8 Å². The van der Waals surface area contributed by atoms with Gasteiger partial charge in [-0.15, -0.1) is 5.10 Å². The molecule has 37 heavy (non-hydrogen) atoms. The van der Waals surface area contributed by atoms with Crippen molar-refractivity contribution in [1.29, 1.82) is 0 Å². The van der Waals surface area contributed by atoms with E-state index in [-0.39, 0.29) is 11.6 Å². The second-order valence-electron chi connectivity index (χ2n) is 10.6. The number of benzene rings is 2. The van der Waals surface area contributed by atoms with Crippen LogP contribution in [-0.2, 0) is 13.1 Å². The molecule has 194 valence electrons. The number of aromatic amines is 1. The summed E-state index contributed by atoms with van der Waals surface area (Å²) in [6.07, 6.45) is 7.97. The van der Waals surface area contributed by atoms with E-state index >= 15 is 0 Å². The smallest absolute Gasteiger partial charge is 0.252 e. The Bertz CT molecular complexity index is 1390. The molecule has 4 aromatic rings. The Morgan fingerprint density at radius 1 is 1.05 bits per heavy atom. The Labute approximate surface area is 218 Å². The maximum Gasteiger partial charge on any atom is 0.252 e. The van der Waals surface area contributed by atoms with E-state index in [1.807, 2.05) is 22.9 Å². The van der Waals surface area contributed by atoms with Crippen molar-refractivity contribution in [3.63, 3.8) is 0 Å². The predicted molar refractivity (Wildman–Crippen MR) is 147 cm³/mol. The second kappa shape index (κ2) is 11.4. The lowest BCUT2D eigenvalue weighted by Crippen LogP contribution is -2.41. The van der Waals surface area contributed by atoms with Gasteiger partial charge in [0, 0.05) is 23.7 Å². The van der Waals surface area contributed by atoms with Crippen molar-refractivity contribution in [2.45, 2.75) is 90.9 Å². The number of aryl methyl sites for hydroxylation is 2. The fourth-order valence-corrected chi connectivity index (χ4v) is 5.78. The van der Waals surface area contributed by atoms with Crippen molar-refractivity contribution in [1.82, 2.24) is 30.1 Å². The molecule has 2 heterocycles. The van der Waals surface area contributed by atoms with Gasteiger partial charge in [0.2, 0.25) is 0 Å². The van der Waals surface area contributed by atoms with E-state index in [4.69, 9.17) is 0 Å². The summed E-state index contributed by atoms with van der Waals surface area (Å²) < 4.78 is 1.95. The van der Waals surface area contributed by atoms with Gasteiger partial charge < -0.3 is 4.98 Å². The first-order valence-corrected chi connectivity index (χ1v) is 13.7.